The Morgan fingerprint density at radius 1 is 1.41 bits per heavy atom. The highest BCUT2D eigenvalue weighted by molar-refractivity contribution is 7.13. The van der Waals surface area contributed by atoms with Crippen LogP contribution >= 0.6 is 11.3 Å². The van der Waals surface area contributed by atoms with Crippen LogP contribution in [0.15, 0.2) is 30.7 Å². The maximum absolute atomic E-state index is 13.4. The largest absolute Gasteiger partial charge is 0.380 e. The minimum Gasteiger partial charge on any atom is -0.380 e. The van der Waals surface area contributed by atoms with Gasteiger partial charge in [-0.3, -0.25) is 9.78 Å². The van der Waals surface area contributed by atoms with Crippen molar-refractivity contribution in [1.82, 2.24) is 24.8 Å². The van der Waals surface area contributed by atoms with Gasteiger partial charge in [0, 0.05) is 38.0 Å². The van der Waals surface area contributed by atoms with Crippen molar-refractivity contribution in [3.63, 3.8) is 0 Å². The van der Waals surface area contributed by atoms with Gasteiger partial charge in [-0.05, 0) is 31.9 Å². The highest BCUT2D eigenvalue weighted by Crippen LogP contribution is 2.35. The third-order valence-electron chi connectivity index (χ3n) is 5.24. The molecule has 0 bridgehead atoms. The van der Waals surface area contributed by atoms with E-state index in [0.29, 0.717) is 17.8 Å². The predicted molar refractivity (Wildman–Crippen MR) is 112 cm³/mol. The van der Waals surface area contributed by atoms with Crippen LogP contribution in [0.1, 0.15) is 52.0 Å². The predicted octanol–water partition coefficient (Wildman–Crippen LogP) is 3.79. The van der Waals surface area contributed by atoms with Crippen LogP contribution in [-0.4, -0.2) is 50.5 Å². The van der Waals surface area contributed by atoms with Crippen molar-refractivity contribution < 1.29 is 9.53 Å². The fourth-order valence-electron chi connectivity index (χ4n) is 3.73. The van der Waals surface area contributed by atoms with Crippen molar-refractivity contribution >= 4 is 17.2 Å². The van der Waals surface area contributed by atoms with Crippen molar-refractivity contribution in [2.24, 2.45) is 0 Å². The van der Waals surface area contributed by atoms with E-state index in [2.05, 4.69) is 26.9 Å². The fraction of sp³-hybridized carbons (Fsp3) is 0.429. The zero-order valence-corrected chi connectivity index (χ0v) is 17.7. The van der Waals surface area contributed by atoms with Gasteiger partial charge in [0.15, 0.2) is 0 Å². The molecule has 1 saturated heterocycles. The first-order valence-electron chi connectivity index (χ1n) is 9.86. The number of amides is 1. The van der Waals surface area contributed by atoms with Crippen molar-refractivity contribution in [3.8, 4) is 11.3 Å². The number of hydrogen-bond donors (Lipinski definition) is 1. The monoisotopic (exact) mass is 411 g/mol. The average Bonchev–Trinajstić information content (AvgIpc) is 3.46. The molecule has 3 aromatic heterocycles. The number of nitrogens with one attached hydrogen (secondary N) is 1. The second-order valence-electron chi connectivity index (χ2n) is 7.26. The van der Waals surface area contributed by atoms with Crippen LogP contribution in [0.3, 0.4) is 0 Å². The Bertz CT molecular complexity index is 984. The van der Waals surface area contributed by atoms with Crippen molar-refractivity contribution in [1.29, 1.82) is 0 Å². The van der Waals surface area contributed by atoms with E-state index in [4.69, 9.17) is 4.74 Å². The third-order valence-corrected chi connectivity index (χ3v) is 6.44. The van der Waals surface area contributed by atoms with Gasteiger partial charge in [0.05, 0.1) is 34.7 Å². The van der Waals surface area contributed by atoms with E-state index < -0.39 is 0 Å². The molecular weight excluding hydrogens is 386 g/mol. The first-order valence-corrected chi connectivity index (χ1v) is 10.7. The molecule has 0 aliphatic carbocycles. The molecule has 1 aliphatic rings. The number of rotatable bonds is 6. The molecule has 1 N–H and O–H groups in total. The molecule has 4 heterocycles. The van der Waals surface area contributed by atoms with Crippen LogP contribution in [0, 0.1) is 6.92 Å². The SMILES string of the molecule is CCCc1nc(C)c(C(=O)N2C[C@H](OC)C[C@@H]2c2ncc(-c3cccnc3)[nH]2)s1. The lowest BCUT2D eigenvalue weighted by molar-refractivity contribution is 0.0688. The molecule has 29 heavy (non-hydrogen) atoms. The number of aromatic amines is 1. The number of thiazole rings is 1. The Labute approximate surface area is 174 Å². The number of aromatic nitrogens is 4. The molecule has 0 radical (unpaired) electrons. The molecular formula is C21H25N5O2S. The first-order chi connectivity index (χ1) is 14.1. The van der Waals surface area contributed by atoms with Crippen molar-refractivity contribution in [2.75, 3.05) is 13.7 Å². The van der Waals surface area contributed by atoms with Crippen LogP contribution in [0.5, 0.6) is 0 Å². The molecule has 1 amide bonds. The summed E-state index contributed by atoms with van der Waals surface area (Å²) in [4.78, 5) is 32.7. The van der Waals surface area contributed by atoms with Gasteiger partial charge in [-0.15, -0.1) is 11.3 Å². The summed E-state index contributed by atoms with van der Waals surface area (Å²) in [5.41, 5.74) is 2.66. The van der Waals surface area contributed by atoms with E-state index in [1.165, 1.54) is 11.3 Å². The number of imidazole rings is 1. The summed E-state index contributed by atoms with van der Waals surface area (Å²) >= 11 is 1.51. The van der Waals surface area contributed by atoms with E-state index in [1.807, 2.05) is 24.0 Å². The zero-order valence-electron chi connectivity index (χ0n) is 16.9. The van der Waals surface area contributed by atoms with Crippen LogP contribution in [0.4, 0.5) is 0 Å². The van der Waals surface area contributed by atoms with Gasteiger partial charge in [0.25, 0.3) is 5.91 Å². The molecule has 1 aliphatic heterocycles. The maximum Gasteiger partial charge on any atom is 0.266 e. The quantitative estimate of drug-likeness (QED) is 0.667. The molecule has 3 aromatic rings. The molecule has 1 fully saturated rings. The normalized spacial score (nSPS) is 19.1. The van der Waals surface area contributed by atoms with Crippen molar-refractivity contribution in [2.45, 2.75) is 45.3 Å². The summed E-state index contributed by atoms with van der Waals surface area (Å²) in [5.74, 6) is 0.777. The number of H-pyrrole nitrogens is 1. The molecule has 4 rings (SSSR count). The van der Waals surface area contributed by atoms with Gasteiger partial charge in [-0.1, -0.05) is 6.92 Å². The summed E-state index contributed by atoms with van der Waals surface area (Å²) in [6.07, 6.45) is 7.94. The average molecular weight is 412 g/mol. The summed E-state index contributed by atoms with van der Waals surface area (Å²) in [6, 6.07) is 3.72. The number of hydrogen-bond acceptors (Lipinski definition) is 6. The number of pyridine rings is 1. The number of aryl methyl sites for hydroxylation is 2. The molecule has 152 valence electrons. The Kier molecular flexibility index (Phi) is 5.73. The van der Waals surface area contributed by atoms with Gasteiger partial charge < -0.3 is 14.6 Å². The molecule has 2 atom stereocenters. The summed E-state index contributed by atoms with van der Waals surface area (Å²) in [6.45, 7) is 4.58. The molecule has 0 unspecified atom stereocenters. The summed E-state index contributed by atoms with van der Waals surface area (Å²) < 4.78 is 5.59. The van der Waals surface area contributed by atoms with Gasteiger partial charge in [-0.2, -0.15) is 0 Å². The lowest BCUT2D eigenvalue weighted by Gasteiger charge is -2.22. The smallest absolute Gasteiger partial charge is 0.266 e. The molecule has 0 spiro atoms. The van der Waals surface area contributed by atoms with Crippen LogP contribution < -0.4 is 0 Å². The lowest BCUT2D eigenvalue weighted by Crippen LogP contribution is -2.32. The number of carbonyl (C=O) groups excluding carboxylic acids is 1. The Morgan fingerprint density at radius 2 is 2.28 bits per heavy atom. The molecule has 0 saturated carbocycles. The van der Waals surface area contributed by atoms with Gasteiger partial charge in [0.2, 0.25) is 0 Å². The highest BCUT2D eigenvalue weighted by Gasteiger charge is 2.39. The minimum atomic E-state index is -0.158. The Morgan fingerprint density at radius 3 is 3.00 bits per heavy atom. The fourth-order valence-corrected chi connectivity index (χ4v) is 4.85. The van der Waals surface area contributed by atoms with Crippen molar-refractivity contribution in [3.05, 3.63) is 52.1 Å². The number of carbonyl (C=O) groups is 1. The number of nitrogens with zero attached hydrogens (tertiary/aromatic N) is 4. The van der Waals surface area contributed by atoms with E-state index in [-0.39, 0.29) is 18.1 Å². The molecule has 7 nitrogen and oxygen atoms in total. The van der Waals surface area contributed by atoms with Crippen LogP contribution in [0.25, 0.3) is 11.3 Å². The number of ether oxygens (including phenoxy) is 1. The van der Waals surface area contributed by atoms with E-state index in [9.17, 15) is 4.79 Å². The third kappa shape index (κ3) is 3.95. The van der Waals surface area contributed by atoms with Crippen LogP contribution in [-0.2, 0) is 11.2 Å². The lowest BCUT2D eigenvalue weighted by atomic mass is 10.2. The zero-order chi connectivity index (χ0) is 20.4. The maximum atomic E-state index is 13.4. The standard InChI is InChI=1S/C21H25N5O2S/c1-4-6-18-24-13(2)19(29-18)21(27)26-12-15(28-3)9-17(26)20-23-11-16(25-20)14-7-5-8-22-10-14/h5,7-8,10-11,15,17H,4,6,9,12H2,1-3H3,(H,23,25)/t15-,17-/m1/s1. The second kappa shape index (κ2) is 8.42. The number of likely N-dealkylation sites (tertiary alicyclic amines) is 1. The second-order valence-corrected chi connectivity index (χ2v) is 8.35. The molecule has 0 aromatic carbocycles. The first kappa shape index (κ1) is 19.7. The van der Waals surface area contributed by atoms with E-state index in [0.717, 1.165) is 40.6 Å². The Balaban J connectivity index is 1.62. The van der Waals surface area contributed by atoms with Gasteiger partial charge >= 0.3 is 0 Å². The van der Waals surface area contributed by atoms with E-state index >= 15 is 0 Å². The minimum absolute atomic E-state index is 0.00577. The van der Waals surface area contributed by atoms with Gasteiger partial charge in [0.1, 0.15) is 10.7 Å². The highest BCUT2D eigenvalue weighted by atomic mass is 32.1. The Hall–Kier alpha value is -2.58. The van der Waals surface area contributed by atoms with E-state index in [1.54, 1.807) is 25.7 Å². The topological polar surface area (TPSA) is 84.0 Å². The van der Waals surface area contributed by atoms with Crippen LogP contribution in [0.2, 0.25) is 0 Å². The summed E-state index contributed by atoms with van der Waals surface area (Å²) in [7, 11) is 1.69. The number of methoxy groups -OCH3 is 1. The summed E-state index contributed by atoms with van der Waals surface area (Å²) in [5, 5.41) is 1.02. The molecule has 8 heteroatoms. The van der Waals surface area contributed by atoms with Gasteiger partial charge in [-0.25, -0.2) is 9.97 Å².